The van der Waals surface area contributed by atoms with Gasteiger partial charge in [-0.25, -0.2) is 0 Å². The Balaban J connectivity index is 1.46. The van der Waals surface area contributed by atoms with Crippen molar-refractivity contribution in [2.75, 3.05) is 27.4 Å². The van der Waals surface area contributed by atoms with Crippen LogP contribution in [0.3, 0.4) is 0 Å². The van der Waals surface area contributed by atoms with E-state index in [-0.39, 0.29) is 19.8 Å². The van der Waals surface area contributed by atoms with Crippen LogP contribution in [0.4, 0.5) is 0 Å². The third-order valence-electron chi connectivity index (χ3n) is 6.17. The molecule has 0 aliphatic carbocycles. The molecular formula is C28H32O7. The molecule has 0 amide bonds. The molecule has 0 radical (unpaired) electrons. The van der Waals surface area contributed by atoms with Gasteiger partial charge in [-0.3, -0.25) is 0 Å². The highest BCUT2D eigenvalue weighted by atomic mass is 16.6. The summed E-state index contributed by atoms with van der Waals surface area (Å²) in [6.07, 6.45) is -2.53. The van der Waals surface area contributed by atoms with Gasteiger partial charge in [-0.2, -0.15) is 0 Å². The predicted molar refractivity (Wildman–Crippen MR) is 130 cm³/mol. The summed E-state index contributed by atoms with van der Waals surface area (Å²) in [5.41, 5.74) is 1.12. The van der Waals surface area contributed by atoms with Crippen molar-refractivity contribution in [3.05, 3.63) is 95.6 Å². The number of ether oxygens (including phenoxy) is 5. The fraction of sp³-hybridized carbons (Fsp3) is 0.357. The van der Waals surface area contributed by atoms with Crippen molar-refractivity contribution >= 4 is 0 Å². The minimum atomic E-state index is -1.43. The molecule has 1 aliphatic rings. The summed E-state index contributed by atoms with van der Waals surface area (Å²) in [5.74, 6) is 1.51. The zero-order chi connectivity index (χ0) is 24.7. The number of benzene rings is 3. The van der Waals surface area contributed by atoms with Crippen LogP contribution in [0.25, 0.3) is 0 Å². The smallest absolute Gasteiger partial charge is 0.140 e. The molecule has 4 atom stereocenters. The molecule has 3 aromatic rings. The van der Waals surface area contributed by atoms with Gasteiger partial charge in [-0.05, 0) is 41.0 Å². The second-order valence-corrected chi connectivity index (χ2v) is 8.66. The Morgan fingerprint density at radius 1 is 0.857 bits per heavy atom. The SMILES string of the molecule is COc1ccc(COC[C@@]2(O)CO[C@@H]([C@H](O)c3ccccc3)[C@H]2OCc2ccc(OC)cc2)cc1. The molecule has 1 fully saturated rings. The molecular weight excluding hydrogens is 448 g/mol. The summed E-state index contributed by atoms with van der Waals surface area (Å²) in [7, 11) is 3.23. The Labute approximate surface area is 205 Å². The number of rotatable bonds is 11. The van der Waals surface area contributed by atoms with E-state index in [0.717, 1.165) is 22.6 Å². The van der Waals surface area contributed by atoms with E-state index in [4.69, 9.17) is 23.7 Å². The first kappa shape index (κ1) is 25.2. The van der Waals surface area contributed by atoms with E-state index in [1.807, 2.05) is 78.9 Å². The maximum Gasteiger partial charge on any atom is 0.140 e. The molecule has 1 aliphatic heterocycles. The Bertz CT molecular complexity index is 1040. The minimum Gasteiger partial charge on any atom is -0.497 e. The molecule has 0 unspecified atom stereocenters. The third-order valence-corrected chi connectivity index (χ3v) is 6.17. The summed E-state index contributed by atoms with van der Waals surface area (Å²) in [6.45, 7) is 0.516. The average molecular weight is 481 g/mol. The lowest BCUT2D eigenvalue weighted by Crippen LogP contribution is -2.50. The molecule has 4 rings (SSSR count). The van der Waals surface area contributed by atoms with E-state index in [0.29, 0.717) is 12.2 Å². The topological polar surface area (TPSA) is 86.6 Å². The number of methoxy groups -OCH3 is 2. The normalized spacial score (nSPS) is 22.6. The molecule has 1 saturated heterocycles. The fourth-order valence-corrected chi connectivity index (χ4v) is 4.16. The lowest BCUT2D eigenvalue weighted by Gasteiger charge is -2.32. The standard InChI is InChI=1S/C28H32O7/c1-31-23-12-8-20(9-13-23)16-33-18-28(30)19-35-26(25(29)22-6-4-3-5-7-22)27(28)34-17-21-10-14-24(32-2)15-11-21/h3-15,25-27,29-30H,16-19H2,1-2H3/t25-,26+,27-,28-/m1/s1. The molecule has 1 heterocycles. The van der Waals surface area contributed by atoms with E-state index < -0.39 is 23.9 Å². The van der Waals surface area contributed by atoms with E-state index in [9.17, 15) is 10.2 Å². The Morgan fingerprint density at radius 3 is 2.00 bits per heavy atom. The zero-order valence-electron chi connectivity index (χ0n) is 20.0. The summed E-state index contributed by atoms with van der Waals surface area (Å²) in [5, 5.41) is 22.6. The molecule has 0 saturated carbocycles. The Kier molecular flexibility index (Phi) is 8.38. The van der Waals surface area contributed by atoms with Crippen LogP contribution >= 0.6 is 0 Å². The van der Waals surface area contributed by atoms with Crippen molar-refractivity contribution in [3.63, 3.8) is 0 Å². The van der Waals surface area contributed by atoms with Gasteiger partial charge in [0.25, 0.3) is 0 Å². The second kappa shape index (κ2) is 11.7. The molecule has 7 nitrogen and oxygen atoms in total. The second-order valence-electron chi connectivity index (χ2n) is 8.66. The minimum absolute atomic E-state index is 0.00961. The molecule has 2 N–H and O–H groups in total. The Hall–Kier alpha value is -2.94. The van der Waals surface area contributed by atoms with Crippen LogP contribution in [0, 0.1) is 0 Å². The van der Waals surface area contributed by atoms with Crippen LogP contribution in [0.15, 0.2) is 78.9 Å². The van der Waals surface area contributed by atoms with Crippen molar-refractivity contribution < 1.29 is 33.9 Å². The number of hydrogen-bond donors (Lipinski definition) is 2. The highest BCUT2D eigenvalue weighted by Crippen LogP contribution is 2.36. The van der Waals surface area contributed by atoms with Gasteiger partial charge in [-0.1, -0.05) is 54.6 Å². The van der Waals surface area contributed by atoms with Gasteiger partial charge < -0.3 is 33.9 Å². The Morgan fingerprint density at radius 2 is 1.43 bits per heavy atom. The summed E-state index contributed by atoms with van der Waals surface area (Å²) < 4.78 is 28.4. The third kappa shape index (κ3) is 6.20. The largest absolute Gasteiger partial charge is 0.497 e. The van der Waals surface area contributed by atoms with Crippen LogP contribution in [0.1, 0.15) is 22.8 Å². The molecule has 35 heavy (non-hydrogen) atoms. The fourth-order valence-electron chi connectivity index (χ4n) is 4.16. The van der Waals surface area contributed by atoms with Gasteiger partial charge in [0, 0.05) is 0 Å². The lowest BCUT2D eigenvalue weighted by molar-refractivity contribution is -0.141. The zero-order valence-corrected chi connectivity index (χ0v) is 20.0. The first-order valence-electron chi connectivity index (χ1n) is 11.5. The van der Waals surface area contributed by atoms with Crippen molar-refractivity contribution in [1.82, 2.24) is 0 Å². The van der Waals surface area contributed by atoms with Crippen LogP contribution in [0.2, 0.25) is 0 Å². The van der Waals surface area contributed by atoms with E-state index in [2.05, 4.69) is 0 Å². The highest BCUT2D eigenvalue weighted by Gasteiger charge is 2.52. The van der Waals surface area contributed by atoms with E-state index in [1.54, 1.807) is 14.2 Å². The molecule has 0 aromatic heterocycles. The van der Waals surface area contributed by atoms with Gasteiger partial charge in [-0.15, -0.1) is 0 Å². The predicted octanol–water partition coefficient (Wildman–Crippen LogP) is 3.67. The van der Waals surface area contributed by atoms with Crippen LogP contribution in [-0.4, -0.2) is 55.5 Å². The summed E-state index contributed by atoms with van der Waals surface area (Å²) >= 11 is 0. The van der Waals surface area contributed by atoms with Gasteiger partial charge >= 0.3 is 0 Å². The van der Waals surface area contributed by atoms with Crippen LogP contribution < -0.4 is 9.47 Å². The summed E-state index contributed by atoms with van der Waals surface area (Å²) in [6, 6.07) is 24.3. The molecule has 0 bridgehead atoms. The van der Waals surface area contributed by atoms with Gasteiger partial charge in [0.15, 0.2) is 0 Å². The summed E-state index contributed by atoms with van der Waals surface area (Å²) in [4.78, 5) is 0. The van der Waals surface area contributed by atoms with Crippen molar-refractivity contribution in [2.24, 2.45) is 0 Å². The molecule has 186 valence electrons. The average Bonchev–Trinajstić information content (AvgIpc) is 3.24. The highest BCUT2D eigenvalue weighted by molar-refractivity contribution is 5.28. The lowest BCUT2D eigenvalue weighted by atomic mass is 9.92. The first-order valence-corrected chi connectivity index (χ1v) is 11.5. The quantitative estimate of drug-likeness (QED) is 0.433. The van der Waals surface area contributed by atoms with Gasteiger partial charge in [0.2, 0.25) is 0 Å². The van der Waals surface area contributed by atoms with Gasteiger partial charge in [0.05, 0.1) is 40.6 Å². The molecule has 3 aromatic carbocycles. The monoisotopic (exact) mass is 480 g/mol. The van der Waals surface area contributed by atoms with Crippen molar-refractivity contribution in [1.29, 1.82) is 0 Å². The first-order chi connectivity index (χ1) is 17.0. The van der Waals surface area contributed by atoms with Crippen LogP contribution in [0.5, 0.6) is 11.5 Å². The molecule has 0 spiro atoms. The van der Waals surface area contributed by atoms with E-state index in [1.165, 1.54) is 0 Å². The van der Waals surface area contributed by atoms with Gasteiger partial charge in [0.1, 0.15) is 35.4 Å². The molecule has 7 heteroatoms. The number of aliphatic hydroxyl groups excluding tert-OH is 1. The van der Waals surface area contributed by atoms with Crippen molar-refractivity contribution in [2.45, 2.75) is 37.1 Å². The van der Waals surface area contributed by atoms with E-state index >= 15 is 0 Å². The van der Waals surface area contributed by atoms with Crippen molar-refractivity contribution in [3.8, 4) is 11.5 Å². The number of aliphatic hydroxyl groups is 2. The number of hydrogen-bond acceptors (Lipinski definition) is 7. The maximum absolute atomic E-state index is 11.5. The maximum atomic E-state index is 11.5. The van der Waals surface area contributed by atoms with Crippen LogP contribution in [-0.2, 0) is 27.4 Å².